The molecule has 0 fully saturated rings. The Morgan fingerprint density at radius 2 is 1.45 bits per heavy atom. The maximum atomic E-state index is 2.25. The molecule has 0 bridgehead atoms. The smallest absolute Gasteiger partial charge is 0.00221 e. The fourth-order valence-corrected chi connectivity index (χ4v) is 2.70. The maximum Gasteiger partial charge on any atom is 0.00221 e. The van der Waals surface area contributed by atoms with Gasteiger partial charge in [-0.15, -0.1) is 0 Å². The van der Waals surface area contributed by atoms with Crippen LogP contribution in [0.5, 0.6) is 0 Å². The van der Waals surface area contributed by atoms with E-state index in [1.165, 1.54) is 27.8 Å². The van der Waals surface area contributed by atoms with E-state index in [9.17, 15) is 0 Å². The van der Waals surface area contributed by atoms with E-state index in [4.69, 9.17) is 0 Å². The molecule has 0 saturated carbocycles. The molecule has 0 aliphatic carbocycles. The van der Waals surface area contributed by atoms with Crippen molar-refractivity contribution in [2.75, 3.05) is 0 Å². The van der Waals surface area contributed by atoms with E-state index >= 15 is 0 Å². The normalized spacial score (nSPS) is 11.1. The average Bonchev–Trinajstić information content (AvgIpc) is 2.53. The first kappa shape index (κ1) is 12.9. The van der Waals surface area contributed by atoms with Crippen molar-refractivity contribution in [3.63, 3.8) is 0 Å². The first-order valence-electron chi connectivity index (χ1n) is 7.19. The van der Waals surface area contributed by atoms with Crippen LogP contribution in [-0.4, -0.2) is 0 Å². The van der Waals surface area contributed by atoms with Crippen LogP contribution in [0.1, 0.15) is 24.5 Å². The predicted molar refractivity (Wildman–Crippen MR) is 86.7 cm³/mol. The molecule has 0 aliphatic heterocycles. The molecule has 0 aliphatic rings. The van der Waals surface area contributed by atoms with E-state index in [0.717, 1.165) is 12.8 Å². The van der Waals surface area contributed by atoms with Crippen LogP contribution < -0.4 is 0 Å². The lowest BCUT2D eigenvalue weighted by Crippen LogP contribution is -1.97. The summed E-state index contributed by atoms with van der Waals surface area (Å²) in [5, 5.41) is 2.72. The zero-order valence-electron chi connectivity index (χ0n) is 11.8. The molecule has 0 heteroatoms. The highest BCUT2D eigenvalue weighted by Crippen LogP contribution is 2.24. The SMILES string of the molecule is C[C](CCc1cccc2ccccc12)c1ccccc1. The van der Waals surface area contributed by atoms with Crippen molar-refractivity contribution in [3.05, 3.63) is 89.8 Å². The van der Waals surface area contributed by atoms with Gasteiger partial charge in [-0.25, -0.2) is 0 Å². The molecular weight excluding hydrogens is 240 g/mol. The monoisotopic (exact) mass is 259 g/mol. The topological polar surface area (TPSA) is 0 Å². The third-order valence-corrected chi connectivity index (χ3v) is 3.92. The van der Waals surface area contributed by atoms with Gasteiger partial charge in [-0.3, -0.25) is 0 Å². The minimum atomic E-state index is 1.10. The summed E-state index contributed by atoms with van der Waals surface area (Å²) < 4.78 is 0. The fraction of sp³-hybridized carbons (Fsp3) is 0.150. The number of hydrogen-bond acceptors (Lipinski definition) is 0. The van der Waals surface area contributed by atoms with Crippen LogP contribution in [0, 0.1) is 5.92 Å². The van der Waals surface area contributed by atoms with Crippen LogP contribution in [0.2, 0.25) is 0 Å². The molecule has 0 atom stereocenters. The zero-order chi connectivity index (χ0) is 13.8. The molecule has 0 aromatic heterocycles. The maximum absolute atomic E-state index is 2.25. The van der Waals surface area contributed by atoms with Gasteiger partial charge in [0.05, 0.1) is 0 Å². The molecule has 0 N–H and O–H groups in total. The van der Waals surface area contributed by atoms with Gasteiger partial charge in [-0.2, -0.15) is 0 Å². The first-order chi connectivity index (χ1) is 9.84. The summed E-state index contributed by atoms with van der Waals surface area (Å²) in [6, 6.07) is 25.9. The van der Waals surface area contributed by atoms with Gasteiger partial charge in [0.25, 0.3) is 0 Å². The van der Waals surface area contributed by atoms with Gasteiger partial charge >= 0.3 is 0 Å². The lowest BCUT2D eigenvalue weighted by Gasteiger charge is -2.12. The summed E-state index contributed by atoms with van der Waals surface area (Å²) in [6.07, 6.45) is 2.21. The first-order valence-corrected chi connectivity index (χ1v) is 7.19. The largest absolute Gasteiger partial charge is 0.0622 e. The third-order valence-electron chi connectivity index (χ3n) is 3.92. The molecule has 0 spiro atoms. The average molecular weight is 259 g/mol. The van der Waals surface area contributed by atoms with Crippen molar-refractivity contribution in [1.82, 2.24) is 0 Å². The van der Waals surface area contributed by atoms with Crippen molar-refractivity contribution in [3.8, 4) is 0 Å². The van der Waals surface area contributed by atoms with Crippen LogP contribution >= 0.6 is 0 Å². The van der Waals surface area contributed by atoms with E-state index in [-0.39, 0.29) is 0 Å². The van der Waals surface area contributed by atoms with E-state index < -0.39 is 0 Å². The summed E-state index contributed by atoms with van der Waals surface area (Å²) in [4.78, 5) is 0. The Balaban J connectivity index is 1.77. The van der Waals surface area contributed by atoms with Crippen LogP contribution in [-0.2, 0) is 6.42 Å². The summed E-state index contributed by atoms with van der Waals surface area (Å²) in [7, 11) is 0. The number of benzene rings is 3. The molecule has 99 valence electrons. The summed E-state index contributed by atoms with van der Waals surface area (Å²) in [6.45, 7) is 2.24. The molecule has 0 nitrogen and oxygen atoms in total. The standard InChI is InChI=1S/C20H19/c1-16(17-8-3-2-4-9-17)14-15-19-12-7-11-18-10-5-6-13-20(18)19/h2-13H,14-15H2,1H3. The number of fused-ring (bicyclic) bond motifs is 1. The highest BCUT2D eigenvalue weighted by atomic mass is 14.1. The van der Waals surface area contributed by atoms with Crippen LogP contribution in [0.4, 0.5) is 0 Å². The molecular formula is C20H19. The molecule has 0 amide bonds. The van der Waals surface area contributed by atoms with E-state index in [0.29, 0.717) is 0 Å². The summed E-state index contributed by atoms with van der Waals surface area (Å²) in [5.74, 6) is 1.46. The second-order valence-electron chi connectivity index (χ2n) is 5.28. The van der Waals surface area contributed by atoms with Crippen LogP contribution in [0.3, 0.4) is 0 Å². The van der Waals surface area contributed by atoms with Gasteiger partial charge in [-0.05, 0) is 34.7 Å². The van der Waals surface area contributed by atoms with E-state index in [2.05, 4.69) is 79.7 Å². The van der Waals surface area contributed by atoms with Crippen molar-refractivity contribution in [2.24, 2.45) is 0 Å². The number of rotatable bonds is 4. The Bertz CT molecular complexity index is 677. The Morgan fingerprint density at radius 3 is 2.30 bits per heavy atom. The van der Waals surface area contributed by atoms with Gasteiger partial charge in [0.15, 0.2) is 0 Å². The predicted octanol–water partition coefficient (Wildman–Crippen LogP) is 5.42. The lowest BCUT2D eigenvalue weighted by molar-refractivity contribution is 0.860. The summed E-state index contributed by atoms with van der Waals surface area (Å²) in [5.41, 5.74) is 2.80. The Hall–Kier alpha value is -2.08. The fourth-order valence-electron chi connectivity index (χ4n) is 2.70. The van der Waals surface area contributed by atoms with Gasteiger partial charge in [0.2, 0.25) is 0 Å². The number of aryl methyl sites for hydroxylation is 1. The van der Waals surface area contributed by atoms with Gasteiger partial charge in [0, 0.05) is 5.92 Å². The number of hydrogen-bond donors (Lipinski definition) is 0. The molecule has 1 radical (unpaired) electrons. The highest BCUT2D eigenvalue weighted by Gasteiger charge is 2.07. The highest BCUT2D eigenvalue weighted by molar-refractivity contribution is 5.85. The van der Waals surface area contributed by atoms with E-state index in [1.54, 1.807) is 0 Å². The van der Waals surface area contributed by atoms with Gasteiger partial charge in [-0.1, -0.05) is 79.7 Å². The molecule has 3 aromatic rings. The minimum absolute atomic E-state index is 1.10. The van der Waals surface area contributed by atoms with Crippen molar-refractivity contribution in [1.29, 1.82) is 0 Å². The third kappa shape index (κ3) is 2.75. The Morgan fingerprint density at radius 1 is 0.750 bits per heavy atom. The molecule has 0 unspecified atom stereocenters. The zero-order valence-corrected chi connectivity index (χ0v) is 11.8. The van der Waals surface area contributed by atoms with Gasteiger partial charge in [0.1, 0.15) is 0 Å². The minimum Gasteiger partial charge on any atom is -0.0622 e. The molecule has 20 heavy (non-hydrogen) atoms. The molecule has 3 rings (SSSR count). The van der Waals surface area contributed by atoms with Crippen LogP contribution in [0.15, 0.2) is 72.8 Å². The lowest BCUT2D eigenvalue weighted by atomic mass is 9.92. The van der Waals surface area contributed by atoms with Crippen molar-refractivity contribution < 1.29 is 0 Å². The molecule has 0 saturated heterocycles. The van der Waals surface area contributed by atoms with E-state index in [1.807, 2.05) is 0 Å². The molecule has 3 aromatic carbocycles. The summed E-state index contributed by atoms with van der Waals surface area (Å²) >= 11 is 0. The second-order valence-corrected chi connectivity index (χ2v) is 5.28. The Labute approximate surface area is 121 Å². The van der Waals surface area contributed by atoms with Crippen LogP contribution in [0.25, 0.3) is 10.8 Å². The van der Waals surface area contributed by atoms with Gasteiger partial charge < -0.3 is 0 Å². The van der Waals surface area contributed by atoms with Crippen molar-refractivity contribution >= 4 is 10.8 Å². The van der Waals surface area contributed by atoms with Crippen molar-refractivity contribution in [2.45, 2.75) is 19.8 Å². The Kier molecular flexibility index (Phi) is 3.83. The molecule has 0 heterocycles. The second kappa shape index (κ2) is 5.92. The quantitative estimate of drug-likeness (QED) is 0.587.